The lowest BCUT2D eigenvalue weighted by atomic mass is 10.2. The first-order valence-corrected chi connectivity index (χ1v) is 6.95. The molecule has 0 unspecified atom stereocenters. The van der Waals surface area contributed by atoms with Crippen molar-refractivity contribution in [3.8, 4) is 5.95 Å². The average molecular weight is 357 g/mol. The fourth-order valence-electron chi connectivity index (χ4n) is 1.47. The summed E-state index contributed by atoms with van der Waals surface area (Å²) in [5.41, 5.74) is 1.08. The number of hydrogen-bond acceptors (Lipinski definition) is 4. The maximum atomic E-state index is 4.31. The van der Waals surface area contributed by atoms with Gasteiger partial charge in [-0.05, 0) is 35.1 Å². The third kappa shape index (κ3) is 3.74. The van der Waals surface area contributed by atoms with Crippen molar-refractivity contribution in [2.75, 3.05) is 6.54 Å². The maximum absolute atomic E-state index is 4.31. The summed E-state index contributed by atoms with van der Waals surface area (Å²) < 4.78 is 2.74. The molecule has 0 saturated heterocycles. The van der Waals surface area contributed by atoms with E-state index in [0.717, 1.165) is 22.2 Å². The van der Waals surface area contributed by atoms with Crippen LogP contribution in [0.3, 0.4) is 0 Å². The van der Waals surface area contributed by atoms with Crippen LogP contribution >= 0.6 is 22.6 Å². The van der Waals surface area contributed by atoms with Crippen LogP contribution in [0.15, 0.2) is 24.8 Å². The molecule has 0 amide bonds. The fraction of sp³-hybridized carbons (Fsp3) is 0.417. The molecule has 0 atom stereocenters. The van der Waals surface area contributed by atoms with Crippen molar-refractivity contribution in [2.45, 2.75) is 20.4 Å². The summed E-state index contributed by atoms with van der Waals surface area (Å²) in [6.07, 6.45) is 7.35. The minimum atomic E-state index is 0.602. The molecule has 2 rings (SSSR count). The number of halogens is 1. The first-order valence-electron chi connectivity index (χ1n) is 5.87. The highest BCUT2D eigenvalue weighted by atomic mass is 127. The van der Waals surface area contributed by atoms with E-state index in [2.05, 4.69) is 56.8 Å². The molecule has 0 spiro atoms. The number of nitrogens with zero attached hydrogens (tertiary/aromatic N) is 4. The lowest BCUT2D eigenvalue weighted by Gasteiger charge is -2.07. The van der Waals surface area contributed by atoms with Crippen LogP contribution in [0.2, 0.25) is 0 Å². The summed E-state index contributed by atoms with van der Waals surface area (Å²) in [5.74, 6) is 1.25. The summed E-state index contributed by atoms with van der Waals surface area (Å²) in [7, 11) is 0. The average Bonchev–Trinajstić information content (AvgIpc) is 2.76. The number of aromatic nitrogens is 4. The van der Waals surface area contributed by atoms with Crippen LogP contribution in [0.25, 0.3) is 5.95 Å². The minimum absolute atomic E-state index is 0.602. The molecule has 0 saturated carbocycles. The third-order valence-corrected chi connectivity index (χ3v) is 2.89. The van der Waals surface area contributed by atoms with Gasteiger partial charge in [0.2, 0.25) is 5.95 Å². The second kappa shape index (κ2) is 6.24. The van der Waals surface area contributed by atoms with Crippen LogP contribution in [0.5, 0.6) is 0 Å². The minimum Gasteiger partial charge on any atom is -0.312 e. The lowest BCUT2D eigenvalue weighted by molar-refractivity contribution is 0.551. The standard InChI is InChI=1S/C12H16IN5/c1-9(2)3-14-4-10-5-15-12(16-6-10)18-8-11(13)7-17-18/h5-9,14H,3-4H2,1-2H3. The van der Waals surface area contributed by atoms with Gasteiger partial charge in [-0.25, -0.2) is 14.6 Å². The molecule has 18 heavy (non-hydrogen) atoms. The predicted octanol–water partition coefficient (Wildman–Crippen LogP) is 2.01. The van der Waals surface area contributed by atoms with Crippen molar-refractivity contribution in [1.82, 2.24) is 25.1 Å². The van der Waals surface area contributed by atoms with Gasteiger partial charge >= 0.3 is 0 Å². The molecule has 96 valence electrons. The largest absolute Gasteiger partial charge is 0.312 e. The van der Waals surface area contributed by atoms with Gasteiger partial charge in [0.25, 0.3) is 0 Å². The van der Waals surface area contributed by atoms with Crippen LogP contribution in [-0.2, 0) is 6.54 Å². The Balaban J connectivity index is 1.97. The first kappa shape index (κ1) is 13.4. The zero-order chi connectivity index (χ0) is 13.0. The van der Waals surface area contributed by atoms with Gasteiger partial charge in [-0.1, -0.05) is 13.8 Å². The first-order chi connectivity index (χ1) is 8.65. The lowest BCUT2D eigenvalue weighted by Crippen LogP contribution is -2.19. The SMILES string of the molecule is CC(C)CNCc1cnc(-n2cc(I)cn2)nc1. The van der Waals surface area contributed by atoms with Crippen molar-refractivity contribution in [3.05, 3.63) is 33.9 Å². The van der Waals surface area contributed by atoms with Crippen LogP contribution in [0, 0.1) is 9.49 Å². The summed E-state index contributed by atoms with van der Waals surface area (Å²) in [5, 5.41) is 7.53. The molecule has 6 heteroatoms. The van der Waals surface area contributed by atoms with E-state index < -0.39 is 0 Å². The summed E-state index contributed by atoms with van der Waals surface area (Å²) >= 11 is 2.21. The van der Waals surface area contributed by atoms with Crippen molar-refractivity contribution >= 4 is 22.6 Å². The molecule has 2 aromatic heterocycles. The van der Waals surface area contributed by atoms with Gasteiger partial charge in [0.05, 0.1) is 9.77 Å². The Hall–Kier alpha value is -1.02. The molecule has 0 aliphatic rings. The van der Waals surface area contributed by atoms with Crippen LogP contribution in [0.4, 0.5) is 0 Å². The molecule has 0 bridgehead atoms. The van der Waals surface area contributed by atoms with E-state index in [4.69, 9.17) is 0 Å². The van der Waals surface area contributed by atoms with Gasteiger partial charge < -0.3 is 5.32 Å². The van der Waals surface area contributed by atoms with Gasteiger partial charge in [-0.3, -0.25) is 0 Å². The van der Waals surface area contributed by atoms with Gasteiger partial charge in [0, 0.05) is 30.7 Å². The molecule has 5 nitrogen and oxygen atoms in total. The third-order valence-electron chi connectivity index (χ3n) is 2.33. The van der Waals surface area contributed by atoms with E-state index in [9.17, 15) is 0 Å². The van der Waals surface area contributed by atoms with E-state index in [1.54, 1.807) is 10.9 Å². The fourth-order valence-corrected chi connectivity index (χ4v) is 1.86. The highest BCUT2D eigenvalue weighted by Crippen LogP contribution is 2.05. The quantitative estimate of drug-likeness (QED) is 0.832. The smallest absolute Gasteiger partial charge is 0.250 e. The number of nitrogens with one attached hydrogen (secondary N) is 1. The molecule has 0 aliphatic carbocycles. The topological polar surface area (TPSA) is 55.6 Å². The van der Waals surface area contributed by atoms with Gasteiger partial charge in [0.15, 0.2) is 0 Å². The highest BCUT2D eigenvalue weighted by Gasteiger charge is 2.02. The summed E-state index contributed by atoms with van der Waals surface area (Å²) in [4.78, 5) is 8.61. The Kier molecular flexibility index (Phi) is 4.65. The Morgan fingerprint density at radius 1 is 1.28 bits per heavy atom. The molecule has 0 aromatic carbocycles. The van der Waals surface area contributed by atoms with E-state index in [1.165, 1.54) is 0 Å². The monoisotopic (exact) mass is 357 g/mol. The van der Waals surface area contributed by atoms with E-state index >= 15 is 0 Å². The normalized spacial score (nSPS) is 11.1. The van der Waals surface area contributed by atoms with Gasteiger partial charge in [0.1, 0.15) is 0 Å². The molecule has 0 aliphatic heterocycles. The van der Waals surface area contributed by atoms with Crippen molar-refractivity contribution < 1.29 is 0 Å². The molecule has 2 aromatic rings. The molecular weight excluding hydrogens is 341 g/mol. The molecular formula is C12H16IN5. The Morgan fingerprint density at radius 3 is 2.56 bits per heavy atom. The number of hydrogen-bond donors (Lipinski definition) is 1. The Bertz CT molecular complexity index is 491. The van der Waals surface area contributed by atoms with Gasteiger partial charge in [-0.15, -0.1) is 0 Å². The molecule has 0 radical (unpaired) electrons. The maximum Gasteiger partial charge on any atom is 0.250 e. The van der Waals surface area contributed by atoms with Crippen molar-refractivity contribution in [2.24, 2.45) is 5.92 Å². The zero-order valence-electron chi connectivity index (χ0n) is 10.5. The molecule has 1 N–H and O–H groups in total. The molecule has 2 heterocycles. The van der Waals surface area contributed by atoms with E-state index in [-0.39, 0.29) is 0 Å². The zero-order valence-corrected chi connectivity index (χ0v) is 12.6. The number of rotatable bonds is 5. The summed E-state index contributed by atoms with van der Waals surface area (Å²) in [6.45, 7) is 6.17. The predicted molar refractivity (Wildman–Crippen MR) is 78.4 cm³/mol. The van der Waals surface area contributed by atoms with Gasteiger partial charge in [-0.2, -0.15) is 5.10 Å². The molecule has 0 fully saturated rings. The summed E-state index contributed by atoms with van der Waals surface area (Å²) in [6, 6.07) is 0. The van der Waals surface area contributed by atoms with Crippen molar-refractivity contribution in [3.63, 3.8) is 0 Å². The van der Waals surface area contributed by atoms with E-state index in [0.29, 0.717) is 11.9 Å². The Labute approximate surface area is 120 Å². The van der Waals surface area contributed by atoms with Crippen LogP contribution in [-0.4, -0.2) is 26.3 Å². The van der Waals surface area contributed by atoms with Crippen molar-refractivity contribution in [1.29, 1.82) is 0 Å². The second-order valence-corrected chi connectivity index (χ2v) is 5.76. The van der Waals surface area contributed by atoms with E-state index in [1.807, 2.05) is 18.6 Å². The Morgan fingerprint density at radius 2 is 2.00 bits per heavy atom. The highest BCUT2D eigenvalue weighted by molar-refractivity contribution is 14.1. The van der Waals surface area contributed by atoms with Crippen LogP contribution < -0.4 is 5.32 Å². The van der Waals surface area contributed by atoms with Crippen LogP contribution in [0.1, 0.15) is 19.4 Å². The second-order valence-electron chi connectivity index (χ2n) is 4.52.